The lowest BCUT2D eigenvalue weighted by Crippen LogP contribution is -2.19. The Morgan fingerprint density at radius 1 is 1.42 bits per heavy atom. The number of hydrogen-bond donors (Lipinski definition) is 2. The minimum atomic E-state index is -0.475. The van der Waals surface area contributed by atoms with Gasteiger partial charge in [0.2, 0.25) is 0 Å². The molecule has 2 aromatic rings. The fourth-order valence-electron chi connectivity index (χ4n) is 1.87. The molecule has 3 N–H and O–H groups in total. The van der Waals surface area contributed by atoms with Gasteiger partial charge in [0, 0.05) is 18.9 Å². The van der Waals surface area contributed by atoms with Gasteiger partial charge in [-0.05, 0) is 11.6 Å². The van der Waals surface area contributed by atoms with Crippen LogP contribution in [0.15, 0.2) is 30.3 Å². The van der Waals surface area contributed by atoms with Crippen molar-refractivity contribution in [2.45, 2.75) is 18.9 Å². The van der Waals surface area contributed by atoms with E-state index in [9.17, 15) is 9.18 Å². The zero-order chi connectivity index (χ0) is 13.7. The third-order valence-electron chi connectivity index (χ3n) is 2.74. The number of nitrogens with zero attached hydrogens (tertiary/aromatic N) is 1. The molecular weight excluding hydrogens is 249 g/mol. The Balaban J connectivity index is 2.08. The Morgan fingerprint density at radius 3 is 2.84 bits per heavy atom. The minimum Gasteiger partial charge on any atom is -0.464 e. The summed E-state index contributed by atoms with van der Waals surface area (Å²) >= 11 is 0. The van der Waals surface area contributed by atoms with Gasteiger partial charge >= 0.3 is 0 Å². The quantitative estimate of drug-likeness (QED) is 0.773. The Labute approximate surface area is 109 Å². The van der Waals surface area contributed by atoms with Crippen LogP contribution in [0.2, 0.25) is 0 Å². The molecular formula is C13H14FN3O2. The molecule has 0 amide bonds. The van der Waals surface area contributed by atoms with Crippen LogP contribution in [0.1, 0.15) is 11.3 Å². The van der Waals surface area contributed by atoms with Gasteiger partial charge in [-0.1, -0.05) is 18.2 Å². The van der Waals surface area contributed by atoms with Gasteiger partial charge in [-0.25, -0.2) is 4.39 Å². The number of nitrogen functional groups attached to an aromatic ring is 1. The predicted molar refractivity (Wildman–Crippen MR) is 67.7 cm³/mol. The molecule has 0 saturated carbocycles. The van der Waals surface area contributed by atoms with Gasteiger partial charge in [-0.3, -0.25) is 9.89 Å². The van der Waals surface area contributed by atoms with Gasteiger partial charge < -0.3 is 10.5 Å². The van der Waals surface area contributed by atoms with Gasteiger partial charge in [-0.15, -0.1) is 0 Å². The van der Waals surface area contributed by atoms with E-state index < -0.39 is 6.10 Å². The van der Waals surface area contributed by atoms with Crippen molar-refractivity contribution in [3.8, 4) is 0 Å². The summed E-state index contributed by atoms with van der Waals surface area (Å²) in [6, 6.07) is 8.05. The summed E-state index contributed by atoms with van der Waals surface area (Å²) in [7, 11) is 0. The van der Waals surface area contributed by atoms with Crippen LogP contribution in [0.25, 0.3) is 0 Å². The lowest BCUT2D eigenvalue weighted by molar-refractivity contribution is -0.133. The fourth-order valence-corrected chi connectivity index (χ4v) is 1.87. The first-order valence-electron chi connectivity index (χ1n) is 5.81. The number of benzene rings is 1. The first-order chi connectivity index (χ1) is 9.19. The van der Waals surface area contributed by atoms with Crippen molar-refractivity contribution < 1.29 is 13.9 Å². The highest BCUT2D eigenvalue weighted by Gasteiger charge is 2.15. The molecule has 0 aliphatic rings. The number of H-pyrrole nitrogens is 1. The number of halogens is 1. The lowest BCUT2D eigenvalue weighted by atomic mass is 10.0. The molecule has 2 rings (SSSR count). The van der Waals surface area contributed by atoms with Crippen molar-refractivity contribution in [1.82, 2.24) is 10.2 Å². The average molecular weight is 263 g/mol. The minimum absolute atomic E-state index is 0.290. The van der Waals surface area contributed by atoms with E-state index in [0.717, 1.165) is 0 Å². The van der Waals surface area contributed by atoms with Crippen molar-refractivity contribution in [2.24, 2.45) is 0 Å². The Hall–Kier alpha value is -2.37. The monoisotopic (exact) mass is 263 g/mol. The second kappa shape index (κ2) is 5.99. The van der Waals surface area contributed by atoms with Crippen LogP contribution < -0.4 is 5.73 Å². The maximum Gasteiger partial charge on any atom is 0.293 e. The number of anilines is 1. The highest BCUT2D eigenvalue weighted by molar-refractivity contribution is 5.38. The van der Waals surface area contributed by atoms with Crippen LogP contribution in [0.5, 0.6) is 0 Å². The maximum atomic E-state index is 13.5. The highest BCUT2D eigenvalue weighted by Crippen LogP contribution is 2.14. The molecule has 100 valence electrons. The average Bonchev–Trinajstić information content (AvgIpc) is 2.78. The molecule has 1 unspecified atom stereocenters. The summed E-state index contributed by atoms with van der Waals surface area (Å²) in [4.78, 5) is 10.5. The number of hydrogen-bond acceptors (Lipinski definition) is 4. The van der Waals surface area contributed by atoms with E-state index in [1.807, 2.05) is 0 Å². The molecule has 19 heavy (non-hydrogen) atoms. The number of nitrogens with one attached hydrogen (secondary N) is 1. The van der Waals surface area contributed by atoms with E-state index in [1.165, 1.54) is 6.07 Å². The van der Waals surface area contributed by atoms with E-state index in [2.05, 4.69) is 10.2 Å². The van der Waals surface area contributed by atoms with Crippen LogP contribution in [-0.2, 0) is 22.4 Å². The number of carbonyl (C=O) groups is 1. The molecule has 0 spiro atoms. The first-order valence-corrected chi connectivity index (χ1v) is 5.81. The largest absolute Gasteiger partial charge is 0.464 e. The second-order valence-electron chi connectivity index (χ2n) is 4.17. The first kappa shape index (κ1) is 13.1. The molecule has 0 aliphatic carbocycles. The van der Waals surface area contributed by atoms with Crippen LogP contribution in [-0.4, -0.2) is 22.8 Å². The van der Waals surface area contributed by atoms with Crippen LogP contribution in [0.3, 0.4) is 0 Å². The summed E-state index contributed by atoms with van der Waals surface area (Å²) < 4.78 is 18.5. The molecule has 1 aromatic heterocycles. The third kappa shape index (κ3) is 3.54. The van der Waals surface area contributed by atoms with Gasteiger partial charge in [0.15, 0.2) is 0 Å². The van der Waals surface area contributed by atoms with Gasteiger partial charge in [0.25, 0.3) is 6.47 Å². The molecule has 1 atom stereocenters. The number of carbonyl (C=O) groups excluding carboxylic acids is 1. The van der Waals surface area contributed by atoms with E-state index in [-0.39, 0.29) is 12.2 Å². The SMILES string of the molecule is Nc1cc(CC(Cc2ccccc2F)OC=O)n[nH]1. The summed E-state index contributed by atoms with van der Waals surface area (Å²) in [5, 5.41) is 6.56. The number of aromatic nitrogens is 2. The molecule has 1 heterocycles. The number of nitrogens with two attached hydrogens (primary N) is 1. The van der Waals surface area contributed by atoms with E-state index in [4.69, 9.17) is 10.5 Å². The van der Waals surface area contributed by atoms with Crippen molar-refractivity contribution in [3.63, 3.8) is 0 Å². The lowest BCUT2D eigenvalue weighted by Gasteiger charge is -2.14. The summed E-state index contributed by atoms with van der Waals surface area (Å²) in [5.41, 5.74) is 6.68. The van der Waals surface area contributed by atoms with Gasteiger partial charge in [0.1, 0.15) is 17.7 Å². The van der Waals surface area contributed by atoms with Crippen LogP contribution in [0, 0.1) is 5.82 Å². The van der Waals surface area contributed by atoms with E-state index >= 15 is 0 Å². The van der Waals surface area contributed by atoms with E-state index in [1.54, 1.807) is 24.3 Å². The summed E-state index contributed by atoms with van der Waals surface area (Å²) in [6.07, 6.45) is 0.191. The molecule has 0 aliphatic heterocycles. The zero-order valence-corrected chi connectivity index (χ0v) is 10.2. The Kier molecular flexibility index (Phi) is 4.12. The van der Waals surface area contributed by atoms with Crippen LogP contribution >= 0.6 is 0 Å². The topological polar surface area (TPSA) is 81.0 Å². The predicted octanol–water partition coefficient (Wildman–Crippen LogP) is 1.46. The smallest absolute Gasteiger partial charge is 0.293 e. The molecule has 0 fully saturated rings. The molecule has 6 heteroatoms. The molecule has 0 radical (unpaired) electrons. The number of ether oxygens (including phenoxy) is 1. The summed E-state index contributed by atoms with van der Waals surface area (Å²) in [5.74, 6) is 0.120. The summed E-state index contributed by atoms with van der Waals surface area (Å²) in [6.45, 7) is 0.363. The molecule has 0 saturated heterocycles. The van der Waals surface area contributed by atoms with Crippen molar-refractivity contribution in [3.05, 3.63) is 47.4 Å². The van der Waals surface area contributed by atoms with Gasteiger partial charge in [0.05, 0.1) is 5.69 Å². The second-order valence-corrected chi connectivity index (χ2v) is 4.17. The van der Waals surface area contributed by atoms with Crippen molar-refractivity contribution >= 4 is 12.3 Å². The fraction of sp³-hybridized carbons (Fsp3) is 0.231. The third-order valence-corrected chi connectivity index (χ3v) is 2.74. The Morgan fingerprint density at radius 2 is 2.21 bits per heavy atom. The highest BCUT2D eigenvalue weighted by atomic mass is 19.1. The molecule has 1 aromatic carbocycles. The molecule has 0 bridgehead atoms. The normalized spacial score (nSPS) is 12.1. The standard InChI is InChI=1S/C13H14FN3O2/c14-12-4-2-1-3-9(12)5-11(19-8-18)6-10-7-13(15)17-16-10/h1-4,7-8,11H,5-6H2,(H3,15,16,17). The maximum absolute atomic E-state index is 13.5. The number of rotatable bonds is 6. The number of aromatic amines is 1. The van der Waals surface area contributed by atoms with Gasteiger partial charge in [-0.2, -0.15) is 5.10 Å². The Bertz CT molecular complexity index is 556. The van der Waals surface area contributed by atoms with Crippen molar-refractivity contribution in [1.29, 1.82) is 0 Å². The van der Waals surface area contributed by atoms with E-state index in [0.29, 0.717) is 30.0 Å². The molecule has 5 nitrogen and oxygen atoms in total. The van der Waals surface area contributed by atoms with Crippen molar-refractivity contribution in [2.75, 3.05) is 5.73 Å². The van der Waals surface area contributed by atoms with Crippen LogP contribution in [0.4, 0.5) is 10.2 Å². The zero-order valence-electron chi connectivity index (χ0n) is 10.2.